The highest BCUT2D eigenvalue weighted by atomic mass is 19.4. The van der Waals surface area contributed by atoms with Crippen molar-refractivity contribution in [1.82, 2.24) is 4.90 Å². The highest BCUT2D eigenvalue weighted by Crippen LogP contribution is 2.37. The third-order valence-electron chi connectivity index (χ3n) is 6.04. The molecular formula is C26H22F4N4O. The maximum absolute atomic E-state index is 14.6. The van der Waals surface area contributed by atoms with Crippen LogP contribution in [0.15, 0.2) is 71.7 Å². The molecule has 1 saturated heterocycles. The first-order valence-electron chi connectivity index (χ1n) is 11.1. The fourth-order valence-corrected chi connectivity index (χ4v) is 4.22. The van der Waals surface area contributed by atoms with E-state index in [-0.39, 0.29) is 11.4 Å². The van der Waals surface area contributed by atoms with E-state index in [9.17, 15) is 17.6 Å². The van der Waals surface area contributed by atoms with Gasteiger partial charge in [-0.15, -0.1) is 0 Å². The number of hydrogen-bond acceptors (Lipinski definition) is 5. The van der Waals surface area contributed by atoms with Gasteiger partial charge in [-0.1, -0.05) is 24.3 Å². The van der Waals surface area contributed by atoms with Gasteiger partial charge in [0.25, 0.3) is 0 Å². The van der Waals surface area contributed by atoms with Crippen LogP contribution in [0.4, 0.5) is 34.6 Å². The maximum atomic E-state index is 14.6. The Balaban J connectivity index is 1.46. The topological polar surface area (TPSA) is 31.3 Å². The number of methoxy groups -OCH3 is 1. The van der Waals surface area contributed by atoms with Crippen LogP contribution >= 0.6 is 0 Å². The second kappa shape index (κ2) is 9.13. The number of ether oxygens (including phenoxy) is 1. The molecule has 2 radical (unpaired) electrons. The third kappa shape index (κ3) is 4.62. The summed E-state index contributed by atoms with van der Waals surface area (Å²) in [5, 5.41) is 0. The fraction of sp³-hybridized carbons (Fsp3) is 0.231. The van der Waals surface area contributed by atoms with Gasteiger partial charge in [0.05, 0.1) is 12.7 Å². The molecule has 0 aromatic heterocycles. The highest BCUT2D eigenvalue weighted by molar-refractivity contribution is 6.02. The first kappa shape index (κ1) is 23.0. The summed E-state index contributed by atoms with van der Waals surface area (Å²) >= 11 is 0. The molecule has 0 atom stereocenters. The van der Waals surface area contributed by atoms with Gasteiger partial charge in [0.1, 0.15) is 23.8 Å². The molecule has 2 heterocycles. The Morgan fingerprint density at radius 2 is 1.54 bits per heavy atom. The largest absolute Gasteiger partial charge is 0.497 e. The summed E-state index contributed by atoms with van der Waals surface area (Å²) in [6.45, 7) is 5.43. The molecule has 9 heteroatoms. The van der Waals surface area contributed by atoms with E-state index >= 15 is 0 Å². The van der Waals surface area contributed by atoms with Gasteiger partial charge in [0.2, 0.25) is 5.96 Å². The smallest absolute Gasteiger partial charge is 0.416 e. The molecule has 0 saturated carbocycles. The van der Waals surface area contributed by atoms with Crippen molar-refractivity contribution in [1.29, 1.82) is 0 Å². The molecule has 2 aliphatic heterocycles. The molecule has 5 nitrogen and oxygen atoms in total. The van der Waals surface area contributed by atoms with Crippen molar-refractivity contribution in [3.8, 4) is 5.75 Å². The van der Waals surface area contributed by atoms with Crippen LogP contribution in [0.1, 0.15) is 11.1 Å². The van der Waals surface area contributed by atoms with Crippen LogP contribution in [0.25, 0.3) is 0 Å². The molecule has 3 aromatic rings. The lowest BCUT2D eigenvalue weighted by Crippen LogP contribution is -2.54. The molecule has 2 aliphatic rings. The zero-order valence-corrected chi connectivity index (χ0v) is 18.9. The van der Waals surface area contributed by atoms with E-state index < -0.39 is 17.6 Å². The maximum Gasteiger partial charge on any atom is 0.416 e. The number of guanidine groups is 1. The zero-order chi connectivity index (χ0) is 24.6. The van der Waals surface area contributed by atoms with E-state index in [4.69, 9.17) is 4.74 Å². The molecule has 5 rings (SSSR count). The van der Waals surface area contributed by atoms with Crippen molar-refractivity contribution in [2.75, 3.05) is 43.1 Å². The molecule has 0 bridgehead atoms. The summed E-state index contributed by atoms with van der Waals surface area (Å²) in [6.07, 6.45) is -4.49. The number of halogens is 4. The summed E-state index contributed by atoms with van der Waals surface area (Å²) in [7, 11) is 1.62. The Hall–Kier alpha value is -3.75. The Morgan fingerprint density at radius 3 is 2.29 bits per heavy atom. The summed E-state index contributed by atoms with van der Waals surface area (Å²) in [6, 6.07) is 17.2. The highest BCUT2D eigenvalue weighted by Gasteiger charge is 2.34. The second-order valence-electron chi connectivity index (χ2n) is 8.22. The number of aliphatic imine (C=N–C) groups is 1. The summed E-state index contributed by atoms with van der Waals surface area (Å²) in [5.74, 6) is 0.590. The molecule has 0 unspecified atom stereocenters. The van der Waals surface area contributed by atoms with Crippen LogP contribution in [-0.4, -0.2) is 44.1 Å². The molecule has 35 heavy (non-hydrogen) atoms. The number of piperazine rings is 1. The van der Waals surface area contributed by atoms with Crippen LogP contribution in [0, 0.1) is 12.4 Å². The molecule has 0 amide bonds. The van der Waals surface area contributed by atoms with Crippen LogP contribution in [0.2, 0.25) is 0 Å². The second-order valence-corrected chi connectivity index (χ2v) is 8.22. The van der Waals surface area contributed by atoms with Crippen LogP contribution in [0.5, 0.6) is 5.75 Å². The zero-order valence-electron chi connectivity index (χ0n) is 18.9. The van der Waals surface area contributed by atoms with Crippen LogP contribution < -0.4 is 14.5 Å². The molecule has 1 fully saturated rings. The predicted octanol–water partition coefficient (Wildman–Crippen LogP) is 5.57. The molecular weight excluding hydrogens is 460 g/mol. The quantitative estimate of drug-likeness (QED) is 0.457. The van der Waals surface area contributed by atoms with Crippen LogP contribution in [0.3, 0.4) is 0 Å². The molecule has 0 N–H and O–H groups in total. The SMILES string of the molecule is COc1cccc(N2CCN(C3=Nc4c(F)cccc4[C]N3c3cccc(C(F)(F)F)c3)CC2)c1. The molecule has 0 spiro atoms. The number of alkyl halides is 3. The van der Waals surface area contributed by atoms with Gasteiger partial charge in [-0.2, -0.15) is 13.2 Å². The van der Waals surface area contributed by atoms with Gasteiger partial charge in [0, 0.05) is 49.2 Å². The molecule has 180 valence electrons. The van der Waals surface area contributed by atoms with Crippen molar-refractivity contribution in [3.63, 3.8) is 0 Å². The lowest BCUT2D eigenvalue weighted by atomic mass is 10.1. The van der Waals surface area contributed by atoms with Gasteiger partial charge >= 0.3 is 6.18 Å². The number of fused-ring (bicyclic) bond motifs is 1. The van der Waals surface area contributed by atoms with E-state index in [1.54, 1.807) is 19.2 Å². The number of rotatable bonds is 3. The summed E-state index contributed by atoms with van der Waals surface area (Å²) in [4.78, 5) is 10.2. The average Bonchev–Trinajstić information content (AvgIpc) is 2.88. The Kier molecular flexibility index (Phi) is 6.00. The Morgan fingerprint density at radius 1 is 0.857 bits per heavy atom. The Bertz CT molecular complexity index is 1250. The van der Waals surface area contributed by atoms with Gasteiger partial charge < -0.3 is 14.5 Å². The minimum absolute atomic E-state index is 0.126. The van der Waals surface area contributed by atoms with Crippen molar-refractivity contribution < 1.29 is 22.3 Å². The lowest BCUT2D eigenvalue weighted by Gasteiger charge is -2.42. The van der Waals surface area contributed by atoms with Crippen molar-refractivity contribution >= 4 is 23.0 Å². The fourth-order valence-electron chi connectivity index (χ4n) is 4.22. The van der Waals surface area contributed by atoms with E-state index in [1.807, 2.05) is 29.2 Å². The van der Waals surface area contributed by atoms with Gasteiger partial charge in [0.15, 0.2) is 0 Å². The van der Waals surface area contributed by atoms with Gasteiger partial charge in [-0.05, 0) is 36.4 Å². The lowest BCUT2D eigenvalue weighted by molar-refractivity contribution is -0.137. The first-order valence-corrected chi connectivity index (χ1v) is 11.1. The predicted molar refractivity (Wildman–Crippen MR) is 127 cm³/mol. The average molecular weight is 482 g/mol. The van der Waals surface area contributed by atoms with Gasteiger partial charge in [-0.3, -0.25) is 4.90 Å². The van der Waals surface area contributed by atoms with Crippen molar-refractivity contribution in [2.45, 2.75) is 6.18 Å². The number of nitrogens with zero attached hydrogens (tertiary/aromatic N) is 4. The van der Waals surface area contributed by atoms with E-state index in [0.717, 1.165) is 23.6 Å². The number of para-hydroxylation sites is 1. The van der Waals surface area contributed by atoms with Crippen molar-refractivity contribution in [3.05, 3.63) is 90.2 Å². The van der Waals surface area contributed by atoms with E-state index in [0.29, 0.717) is 37.7 Å². The monoisotopic (exact) mass is 482 g/mol. The number of anilines is 2. The number of benzene rings is 3. The molecule has 0 aliphatic carbocycles. The number of hydrogen-bond donors (Lipinski definition) is 0. The first-order chi connectivity index (χ1) is 16.8. The van der Waals surface area contributed by atoms with E-state index in [1.165, 1.54) is 23.1 Å². The van der Waals surface area contributed by atoms with Crippen molar-refractivity contribution in [2.24, 2.45) is 4.99 Å². The Labute approximate surface area is 200 Å². The van der Waals surface area contributed by atoms with Crippen LogP contribution in [-0.2, 0) is 6.18 Å². The van der Waals surface area contributed by atoms with Gasteiger partial charge in [-0.25, -0.2) is 9.38 Å². The minimum atomic E-state index is -4.49. The van der Waals surface area contributed by atoms with E-state index in [2.05, 4.69) is 16.4 Å². The normalized spacial score (nSPS) is 16.1. The summed E-state index contributed by atoms with van der Waals surface area (Å²) in [5.41, 5.74) is 0.994. The standard InChI is InChI=1S/C26H22F4N4O/c1-35-22-9-4-7-20(16-22)32-11-13-33(14-12-32)25-31-24-18(5-2-10-23(24)27)17-34(25)21-8-3-6-19(15-21)26(28,29)30/h2-10,15-16H,11-14H2,1H3. The molecule has 3 aromatic carbocycles. The summed E-state index contributed by atoms with van der Waals surface area (Å²) < 4.78 is 60.1. The third-order valence-corrected chi connectivity index (χ3v) is 6.04. The minimum Gasteiger partial charge on any atom is -0.497 e.